The Morgan fingerprint density at radius 3 is 2.39 bits per heavy atom. The molecule has 0 amide bonds. The SMILES string of the molecule is O=[N+]([O-])c1ccccc1NC1C2CN(Cc3ccccc3)CC21. The van der Waals surface area contributed by atoms with E-state index in [1.54, 1.807) is 18.2 Å². The third kappa shape index (κ3) is 2.80. The van der Waals surface area contributed by atoms with Gasteiger partial charge in [0.05, 0.1) is 4.92 Å². The molecule has 5 heteroatoms. The molecule has 1 heterocycles. The smallest absolute Gasteiger partial charge is 0.292 e. The highest BCUT2D eigenvalue weighted by Crippen LogP contribution is 2.48. The number of hydrogen-bond donors (Lipinski definition) is 1. The van der Waals surface area contributed by atoms with Crippen molar-refractivity contribution in [2.45, 2.75) is 12.6 Å². The van der Waals surface area contributed by atoms with Gasteiger partial charge in [-0.2, -0.15) is 0 Å². The summed E-state index contributed by atoms with van der Waals surface area (Å²) in [6, 6.07) is 17.8. The van der Waals surface area contributed by atoms with Gasteiger partial charge < -0.3 is 5.32 Å². The number of rotatable bonds is 5. The fraction of sp³-hybridized carbons (Fsp3) is 0.333. The zero-order valence-corrected chi connectivity index (χ0v) is 12.8. The van der Waals surface area contributed by atoms with Crippen LogP contribution in [-0.4, -0.2) is 29.0 Å². The molecule has 4 rings (SSSR count). The second kappa shape index (κ2) is 5.66. The van der Waals surface area contributed by atoms with E-state index >= 15 is 0 Å². The maximum absolute atomic E-state index is 11.1. The standard InChI is InChI=1S/C18H19N3O2/c22-21(23)17-9-5-4-8-16(17)19-18-14-11-20(12-15(14)18)10-13-6-2-1-3-7-13/h1-9,14-15,18-19H,10-12H2. The van der Waals surface area contributed by atoms with Crippen molar-refractivity contribution in [2.75, 3.05) is 18.4 Å². The second-order valence-corrected chi connectivity index (χ2v) is 6.45. The number of para-hydroxylation sites is 2. The number of nitrogens with zero attached hydrogens (tertiary/aromatic N) is 2. The van der Waals surface area contributed by atoms with Crippen LogP contribution in [0.2, 0.25) is 0 Å². The number of hydrogen-bond acceptors (Lipinski definition) is 4. The Labute approximate surface area is 135 Å². The van der Waals surface area contributed by atoms with Crippen LogP contribution in [0.1, 0.15) is 5.56 Å². The number of nitrogens with one attached hydrogen (secondary N) is 1. The molecule has 23 heavy (non-hydrogen) atoms. The Balaban J connectivity index is 1.35. The molecule has 1 saturated carbocycles. The lowest BCUT2D eigenvalue weighted by Gasteiger charge is -2.20. The van der Waals surface area contributed by atoms with Crippen molar-refractivity contribution in [1.29, 1.82) is 0 Å². The molecule has 0 radical (unpaired) electrons. The lowest BCUT2D eigenvalue weighted by molar-refractivity contribution is -0.384. The van der Waals surface area contributed by atoms with Crippen molar-refractivity contribution >= 4 is 11.4 Å². The van der Waals surface area contributed by atoms with Gasteiger partial charge in [0.2, 0.25) is 0 Å². The molecule has 2 fully saturated rings. The molecular weight excluding hydrogens is 290 g/mol. The van der Waals surface area contributed by atoms with Crippen molar-refractivity contribution in [3.63, 3.8) is 0 Å². The number of nitro benzene ring substituents is 1. The van der Waals surface area contributed by atoms with Crippen molar-refractivity contribution in [2.24, 2.45) is 11.8 Å². The average molecular weight is 309 g/mol. The molecule has 2 aromatic carbocycles. The molecule has 2 unspecified atom stereocenters. The summed E-state index contributed by atoms with van der Waals surface area (Å²) in [4.78, 5) is 13.2. The normalized spacial score (nSPS) is 25.8. The Hall–Kier alpha value is -2.40. The topological polar surface area (TPSA) is 58.4 Å². The largest absolute Gasteiger partial charge is 0.376 e. The summed E-state index contributed by atoms with van der Waals surface area (Å²) in [5.74, 6) is 1.22. The maximum Gasteiger partial charge on any atom is 0.292 e. The van der Waals surface area contributed by atoms with Gasteiger partial charge in [0, 0.05) is 31.7 Å². The molecule has 1 aliphatic heterocycles. The summed E-state index contributed by atoms with van der Waals surface area (Å²) in [5.41, 5.74) is 2.15. The van der Waals surface area contributed by atoms with E-state index in [1.807, 2.05) is 12.1 Å². The van der Waals surface area contributed by atoms with Gasteiger partial charge in [-0.05, 0) is 23.5 Å². The lowest BCUT2D eigenvalue weighted by Crippen LogP contribution is -2.27. The molecule has 2 aromatic rings. The summed E-state index contributed by atoms with van der Waals surface area (Å²) < 4.78 is 0. The van der Waals surface area contributed by atoms with E-state index in [9.17, 15) is 10.1 Å². The quantitative estimate of drug-likeness (QED) is 0.681. The summed E-state index contributed by atoms with van der Waals surface area (Å²) >= 11 is 0. The highest BCUT2D eigenvalue weighted by molar-refractivity contribution is 5.62. The first-order valence-corrected chi connectivity index (χ1v) is 7.98. The summed E-state index contributed by atoms with van der Waals surface area (Å²) in [6.45, 7) is 3.13. The Kier molecular flexibility index (Phi) is 3.50. The summed E-state index contributed by atoms with van der Waals surface area (Å²) in [6.07, 6.45) is 0. The van der Waals surface area contributed by atoms with Crippen LogP contribution < -0.4 is 5.32 Å². The zero-order chi connectivity index (χ0) is 15.8. The van der Waals surface area contributed by atoms with Crippen LogP contribution in [-0.2, 0) is 6.54 Å². The van der Waals surface area contributed by atoms with Crippen molar-refractivity contribution < 1.29 is 4.92 Å². The molecule has 0 bridgehead atoms. The van der Waals surface area contributed by atoms with E-state index in [1.165, 1.54) is 5.56 Å². The van der Waals surface area contributed by atoms with Gasteiger partial charge >= 0.3 is 0 Å². The van der Waals surface area contributed by atoms with Crippen LogP contribution in [0.5, 0.6) is 0 Å². The van der Waals surface area contributed by atoms with E-state index in [4.69, 9.17) is 0 Å². The van der Waals surface area contributed by atoms with Crippen LogP contribution in [0.3, 0.4) is 0 Å². The monoisotopic (exact) mass is 309 g/mol. The molecular formula is C18H19N3O2. The average Bonchev–Trinajstić information content (AvgIpc) is 3.01. The van der Waals surface area contributed by atoms with Gasteiger partial charge in [0.15, 0.2) is 0 Å². The van der Waals surface area contributed by atoms with Gasteiger partial charge in [-0.25, -0.2) is 0 Å². The van der Waals surface area contributed by atoms with Crippen molar-refractivity contribution in [3.8, 4) is 0 Å². The Bertz CT molecular complexity index is 707. The van der Waals surface area contributed by atoms with Gasteiger partial charge in [0.1, 0.15) is 5.69 Å². The van der Waals surface area contributed by atoms with E-state index in [2.05, 4.69) is 34.5 Å². The van der Waals surface area contributed by atoms with Gasteiger partial charge in [-0.3, -0.25) is 15.0 Å². The minimum atomic E-state index is -0.317. The van der Waals surface area contributed by atoms with Crippen LogP contribution in [0.15, 0.2) is 54.6 Å². The van der Waals surface area contributed by atoms with Gasteiger partial charge in [0.25, 0.3) is 5.69 Å². The first kappa shape index (κ1) is 14.2. The maximum atomic E-state index is 11.1. The lowest BCUT2D eigenvalue weighted by atomic mass is 10.2. The first-order chi connectivity index (χ1) is 11.2. The van der Waals surface area contributed by atoms with Crippen molar-refractivity contribution in [3.05, 3.63) is 70.3 Å². The molecule has 5 nitrogen and oxygen atoms in total. The van der Waals surface area contributed by atoms with E-state index in [0.29, 0.717) is 23.6 Å². The first-order valence-electron chi connectivity index (χ1n) is 7.98. The third-order valence-electron chi connectivity index (χ3n) is 4.94. The van der Waals surface area contributed by atoms with Crippen LogP contribution in [0.4, 0.5) is 11.4 Å². The predicted molar refractivity (Wildman–Crippen MR) is 89.2 cm³/mol. The molecule has 1 N–H and O–H groups in total. The molecule has 118 valence electrons. The van der Waals surface area contributed by atoms with Crippen molar-refractivity contribution in [1.82, 2.24) is 4.90 Å². The summed E-state index contributed by atoms with van der Waals surface area (Å²) in [5, 5.41) is 14.5. The van der Waals surface area contributed by atoms with E-state index in [0.717, 1.165) is 19.6 Å². The third-order valence-corrected chi connectivity index (χ3v) is 4.94. The number of piperidine rings is 1. The molecule has 0 spiro atoms. The summed E-state index contributed by atoms with van der Waals surface area (Å²) in [7, 11) is 0. The minimum absolute atomic E-state index is 0.165. The van der Waals surface area contributed by atoms with E-state index in [-0.39, 0.29) is 10.6 Å². The Morgan fingerprint density at radius 2 is 1.70 bits per heavy atom. The van der Waals surface area contributed by atoms with Gasteiger partial charge in [-0.1, -0.05) is 42.5 Å². The molecule has 2 atom stereocenters. The highest BCUT2D eigenvalue weighted by atomic mass is 16.6. The fourth-order valence-electron chi connectivity index (χ4n) is 3.73. The zero-order valence-electron chi connectivity index (χ0n) is 12.8. The number of likely N-dealkylation sites (tertiary alicyclic amines) is 1. The predicted octanol–water partition coefficient (Wildman–Crippen LogP) is 3.14. The van der Waals surface area contributed by atoms with Gasteiger partial charge in [-0.15, -0.1) is 0 Å². The number of benzene rings is 2. The molecule has 0 aromatic heterocycles. The van der Waals surface area contributed by atoms with E-state index < -0.39 is 0 Å². The number of anilines is 1. The highest BCUT2D eigenvalue weighted by Gasteiger charge is 2.55. The second-order valence-electron chi connectivity index (χ2n) is 6.45. The Morgan fingerprint density at radius 1 is 1.04 bits per heavy atom. The number of fused-ring (bicyclic) bond motifs is 1. The number of nitro groups is 1. The molecule has 1 aliphatic carbocycles. The molecule has 1 saturated heterocycles. The minimum Gasteiger partial charge on any atom is -0.376 e. The van der Waals surface area contributed by atoms with Crippen LogP contribution in [0, 0.1) is 22.0 Å². The van der Waals surface area contributed by atoms with Crippen LogP contribution in [0.25, 0.3) is 0 Å². The fourth-order valence-corrected chi connectivity index (χ4v) is 3.73. The van der Waals surface area contributed by atoms with Crippen LogP contribution >= 0.6 is 0 Å². The molecule has 2 aliphatic rings.